The maximum absolute atomic E-state index is 9.51. The lowest BCUT2D eigenvalue weighted by Gasteiger charge is -2.17. The lowest BCUT2D eigenvalue weighted by molar-refractivity contribution is 0.914. The van der Waals surface area contributed by atoms with Crippen LogP contribution in [0.2, 0.25) is 0 Å². The van der Waals surface area contributed by atoms with Crippen molar-refractivity contribution in [1.82, 2.24) is 20.6 Å². The van der Waals surface area contributed by atoms with Crippen LogP contribution >= 0.6 is 0 Å². The monoisotopic (exact) mass is 359 g/mol. The molecule has 0 saturated heterocycles. The summed E-state index contributed by atoms with van der Waals surface area (Å²) in [5.74, 6) is 1.54. The molecule has 2 aromatic heterocycles. The summed E-state index contributed by atoms with van der Waals surface area (Å²) in [4.78, 5) is 15.2. The Labute approximate surface area is 158 Å². The van der Waals surface area contributed by atoms with Crippen LogP contribution in [0.1, 0.15) is 11.3 Å². The minimum atomic E-state index is 0.476. The minimum absolute atomic E-state index is 0.476. The molecule has 3 heterocycles. The average Bonchev–Trinajstić information content (AvgIpc) is 2.70. The van der Waals surface area contributed by atoms with Gasteiger partial charge < -0.3 is 15.5 Å². The SMILES string of the molecule is CN(C)c1ccc(CCN=C2NC=C/C(=C(/C#N)c3ccccn3)N2)cn1. The third kappa shape index (κ3) is 4.70. The number of rotatable bonds is 5. The van der Waals surface area contributed by atoms with Crippen molar-refractivity contribution in [3.8, 4) is 6.07 Å². The topological polar surface area (TPSA) is 89.2 Å². The number of nitriles is 1. The summed E-state index contributed by atoms with van der Waals surface area (Å²) >= 11 is 0. The molecule has 0 radical (unpaired) electrons. The fourth-order valence-electron chi connectivity index (χ4n) is 2.53. The fraction of sp³-hybridized carbons (Fsp3) is 0.200. The van der Waals surface area contributed by atoms with Gasteiger partial charge >= 0.3 is 0 Å². The molecule has 0 spiro atoms. The normalized spacial score (nSPS) is 16.3. The van der Waals surface area contributed by atoms with E-state index in [4.69, 9.17) is 0 Å². The van der Waals surface area contributed by atoms with Crippen molar-refractivity contribution < 1.29 is 0 Å². The number of nitrogens with one attached hydrogen (secondary N) is 2. The maximum atomic E-state index is 9.51. The van der Waals surface area contributed by atoms with Crippen LogP contribution < -0.4 is 15.5 Å². The van der Waals surface area contributed by atoms with Gasteiger partial charge in [0.1, 0.15) is 17.5 Å². The third-order valence-corrected chi connectivity index (χ3v) is 3.96. The highest BCUT2D eigenvalue weighted by atomic mass is 15.2. The highest BCUT2D eigenvalue weighted by Gasteiger charge is 2.12. The molecule has 2 aromatic rings. The Morgan fingerprint density at radius 3 is 2.78 bits per heavy atom. The van der Waals surface area contributed by atoms with E-state index in [1.165, 1.54) is 0 Å². The first-order chi connectivity index (χ1) is 13.2. The zero-order valence-corrected chi connectivity index (χ0v) is 15.3. The van der Waals surface area contributed by atoms with Crippen LogP contribution in [0.3, 0.4) is 0 Å². The van der Waals surface area contributed by atoms with Gasteiger partial charge in [-0.1, -0.05) is 12.1 Å². The van der Waals surface area contributed by atoms with Gasteiger partial charge in [-0.05, 0) is 36.3 Å². The summed E-state index contributed by atoms with van der Waals surface area (Å²) < 4.78 is 0. The van der Waals surface area contributed by atoms with Crippen LogP contribution in [0.4, 0.5) is 5.82 Å². The predicted molar refractivity (Wildman–Crippen MR) is 107 cm³/mol. The zero-order chi connectivity index (χ0) is 19.1. The second-order valence-corrected chi connectivity index (χ2v) is 6.12. The first-order valence-electron chi connectivity index (χ1n) is 8.60. The molecule has 0 fully saturated rings. The number of aliphatic imine (C=N–C) groups is 1. The minimum Gasteiger partial charge on any atom is -0.363 e. The van der Waals surface area contributed by atoms with E-state index in [1.807, 2.05) is 49.5 Å². The standard InChI is InChI=1S/C20H21N7/c1-27(2)19-7-6-15(14-25-19)8-11-23-20-24-12-9-18(26-20)16(13-21)17-5-3-4-10-22-17/h3-7,9-10,12,14H,8,11H2,1-2H3,(H2,23,24,26)/b18-16+. The number of pyridine rings is 2. The van der Waals surface area contributed by atoms with Gasteiger partial charge in [0.25, 0.3) is 0 Å². The molecule has 0 bridgehead atoms. The summed E-state index contributed by atoms with van der Waals surface area (Å²) in [6.07, 6.45) is 7.89. The van der Waals surface area contributed by atoms with Crippen molar-refractivity contribution >= 4 is 17.4 Å². The molecule has 3 rings (SSSR count). The lowest BCUT2D eigenvalue weighted by atomic mass is 10.1. The van der Waals surface area contributed by atoms with Gasteiger partial charge in [0.2, 0.25) is 0 Å². The lowest BCUT2D eigenvalue weighted by Crippen LogP contribution is -2.37. The molecule has 0 unspecified atom stereocenters. The second kappa shape index (κ2) is 8.63. The molecule has 27 heavy (non-hydrogen) atoms. The Morgan fingerprint density at radius 1 is 1.22 bits per heavy atom. The molecule has 1 aliphatic rings. The average molecular weight is 359 g/mol. The van der Waals surface area contributed by atoms with Gasteiger partial charge in [0.15, 0.2) is 5.96 Å². The Bertz CT molecular complexity index is 904. The van der Waals surface area contributed by atoms with Crippen LogP contribution in [0, 0.1) is 11.3 Å². The van der Waals surface area contributed by atoms with E-state index < -0.39 is 0 Å². The van der Waals surface area contributed by atoms with Gasteiger partial charge in [-0.2, -0.15) is 5.26 Å². The summed E-state index contributed by atoms with van der Waals surface area (Å²) in [6, 6.07) is 11.8. The van der Waals surface area contributed by atoms with Crippen LogP contribution in [-0.4, -0.2) is 36.6 Å². The summed E-state index contributed by atoms with van der Waals surface area (Å²) in [5, 5.41) is 15.7. The highest BCUT2D eigenvalue weighted by molar-refractivity contribution is 5.89. The van der Waals surface area contributed by atoms with Crippen molar-refractivity contribution in [2.45, 2.75) is 6.42 Å². The number of aromatic nitrogens is 2. The van der Waals surface area contributed by atoms with E-state index >= 15 is 0 Å². The van der Waals surface area contributed by atoms with Crippen molar-refractivity contribution in [2.24, 2.45) is 4.99 Å². The van der Waals surface area contributed by atoms with E-state index in [-0.39, 0.29) is 0 Å². The Balaban J connectivity index is 1.67. The third-order valence-electron chi connectivity index (χ3n) is 3.96. The molecule has 0 aromatic carbocycles. The predicted octanol–water partition coefficient (Wildman–Crippen LogP) is 2.08. The van der Waals surface area contributed by atoms with Crippen LogP contribution in [0.15, 0.2) is 65.7 Å². The Kier molecular flexibility index (Phi) is 5.80. The molecule has 0 saturated carbocycles. The van der Waals surface area contributed by atoms with Crippen LogP contribution in [-0.2, 0) is 6.42 Å². The van der Waals surface area contributed by atoms with Crippen LogP contribution in [0.25, 0.3) is 5.57 Å². The Hall–Kier alpha value is -3.66. The molecule has 136 valence electrons. The van der Waals surface area contributed by atoms with Crippen molar-refractivity contribution in [1.29, 1.82) is 5.26 Å². The van der Waals surface area contributed by atoms with E-state index in [2.05, 4.69) is 37.7 Å². The quantitative estimate of drug-likeness (QED) is 0.795. The number of hydrogen-bond acceptors (Lipinski definition) is 5. The number of guanidine groups is 1. The molecular formula is C20H21N7. The van der Waals surface area contributed by atoms with E-state index in [0.29, 0.717) is 29.5 Å². The number of allylic oxidation sites excluding steroid dienone is 2. The number of nitrogens with zero attached hydrogens (tertiary/aromatic N) is 5. The highest BCUT2D eigenvalue weighted by Crippen LogP contribution is 2.16. The molecule has 2 N–H and O–H groups in total. The van der Waals surface area contributed by atoms with Crippen molar-refractivity contribution in [3.63, 3.8) is 0 Å². The summed E-state index contributed by atoms with van der Waals surface area (Å²) in [5.41, 5.74) is 2.90. The van der Waals surface area contributed by atoms with E-state index in [0.717, 1.165) is 17.8 Å². The first-order valence-corrected chi connectivity index (χ1v) is 8.60. The Morgan fingerprint density at radius 2 is 2.11 bits per heavy atom. The van der Waals surface area contributed by atoms with Gasteiger partial charge in [-0.3, -0.25) is 9.98 Å². The van der Waals surface area contributed by atoms with Crippen LogP contribution in [0.5, 0.6) is 0 Å². The summed E-state index contributed by atoms with van der Waals surface area (Å²) in [6.45, 7) is 0.602. The maximum Gasteiger partial charge on any atom is 0.199 e. The molecule has 1 aliphatic heterocycles. The number of hydrogen-bond donors (Lipinski definition) is 2. The molecule has 0 aliphatic carbocycles. The molecule has 7 nitrogen and oxygen atoms in total. The number of anilines is 1. The second-order valence-electron chi connectivity index (χ2n) is 6.12. The van der Waals surface area contributed by atoms with E-state index in [1.54, 1.807) is 18.5 Å². The van der Waals surface area contributed by atoms with Gasteiger partial charge in [-0.15, -0.1) is 0 Å². The largest absolute Gasteiger partial charge is 0.363 e. The van der Waals surface area contributed by atoms with Gasteiger partial charge in [0, 0.05) is 39.2 Å². The zero-order valence-electron chi connectivity index (χ0n) is 15.3. The molecule has 0 atom stereocenters. The summed E-state index contributed by atoms with van der Waals surface area (Å²) in [7, 11) is 3.93. The smallest absolute Gasteiger partial charge is 0.199 e. The fourth-order valence-corrected chi connectivity index (χ4v) is 2.53. The van der Waals surface area contributed by atoms with Gasteiger partial charge in [-0.25, -0.2) is 4.98 Å². The van der Waals surface area contributed by atoms with Gasteiger partial charge in [0.05, 0.1) is 11.4 Å². The molecule has 0 amide bonds. The van der Waals surface area contributed by atoms with E-state index in [9.17, 15) is 5.26 Å². The van der Waals surface area contributed by atoms with Crippen molar-refractivity contribution in [3.05, 3.63) is 72.0 Å². The molecular weight excluding hydrogens is 338 g/mol. The first kappa shape index (κ1) is 18.1. The molecule has 7 heteroatoms. The van der Waals surface area contributed by atoms with Crippen molar-refractivity contribution in [2.75, 3.05) is 25.5 Å².